The highest BCUT2D eigenvalue weighted by Gasteiger charge is 2.27. The standard InChI is InChI=1S/C17H25NO4/c1-4-5-11(2)6-12(3)15(20)10-14(19)7-13-8-16(21)18-17(22)9-13/h4-6,12-14,19H,7-10H2,1-3H3,(H,18,21,22)/b5-4+,11-6+/t12-,14-/m0/s1. The molecule has 1 fully saturated rings. The maximum Gasteiger partial charge on any atom is 0.226 e. The van der Waals surface area contributed by atoms with E-state index in [1.54, 1.807) is 6.92 Å². The molecule has 1 aliphatic rings. The molecule has 0 spiro atoms. The summed E-state index contributed by atoms with van der Waals surface area (Å²) >= 11 is 0. The second kappa shape index (κ2) is 8.63. The van der Waals surface area contributed by atoms with Gasteiger partial charge in [-0.1, -0.05) is 30.7 Å². The molecule has 22 heavy (non-hydrogen) atoms. The first-order valence-corrected chi connectivity index (χ1v) is 7.66. The highest BCUT2D eigenvalue weighted by atomic mass is 16.3. The lowest BCUT2D eigenvalue weighted by molar-refractivity contribution is -0.135. The highest BCUT2D eigenvalue weighted by Crippen LogP contribution is 2.21. The molecule has 1 rings (SSSR count). The Labute approximate surface area is 131 Å². The Morgan fingerprint density at radius 3 is 2.50 bits per heavy atom. The molecule has 0 aromatic heterocycles. The van der Waals surface area contributed by atoms with Gasteiger partial charge in [0.25, 0.3) is 0 Å². The average Bonchev–Trinajstić information content (AvgIpc) is 2.36. The van der Waals surface area contributed by atoms with Crippen molar-refractivity contribution in [2.75, 3.05) is 0 Å². The molecule has 0 saturated carbocycles. The fraction of sp³-hybridized carbons (Fsp3) is 0.588. The van der Waals surface area contributed by atoms with Crippen molar-refractivity contribution in [3.63, 3.8) is 0 Å². The van der Waals surface area contributed by atoms with E-state index in [0.29, 0.717) is 6.42 Å². The maximum atomic E-state index is 12.1. The van der Waals surface area contributed by atoms with Gasteiger partial charge in [-0.3, -0.25) is 19.7 Å². The lowest BCUT2D eigenvalue weighted by Crippen LogP contribution is -2.39. The van der Waals surface area contributed by atoms with Gasteiger partial charge in [0.15, 0.2) is 0 Å². The number of carbonyl (C=O) groups excluding carboxylic acids is 3. The number of aliphatic hydroxyl groups is 1. The Hall–Kier alpha value is -1.75. The van der Waals surface area contributed by atoms with Gasteiger partial charge in [-0.25, -0.2) is 0 Å². The van der Waals surface area contributed by atoms with Crippen molar-refractivity contribution < 1.29 is 19.5 Å². The largest absolute Gasteiger partial charge is 0.393 e. The Kier molecular flexibility index (Phi) is 7.18. The number of allylic oxidation sites excluding steroid dienone is 4. The zero-order valence-electron chi connectivity index (χ0n) is 13.5. The molecule has 2 atom stereocenters. The normalized spacial score (nSPS) is 20.1. The van der Waals surface area contributed by atoms with E-state index in [4.69, 9.17) is 0 Å². The van der Waals surface area contributed by atoms with Crippen molar-refractivity contribution in [3.05, 3.63) is 23.8 Å². The molecule has 1 saturated heterocycles. The summed E-state index contributed by atoms with van der Waals surface area (Å²) in [6.07, 6.45) is 5.69. The number of rotatable bonds is 7. The molecule has 0 aliphatic carbocycles. The molecule has 122 valence electrons. The van der Waals surface area contributed by atoms with Crippen LogP contribution in [-0.2, 0) is 14.4 Å². The van der Waals surface area contributed by atoms with Crippen LogP contribution in [0, 0.1) is 11.8 Å². The molecule has 5 nitrogen and oxygen atoms in total. The van der Waals surface area contributed by atoms with Crippen LogP contribution in [0.4, 0.5) is 0 Å². The first kappa shape index (κ1) is 18.3. The molecule has 0 aromatic rings. The SMILES string of the molecule is C/C=C/C(C)=C/[C@H](C)C(=O)C[C@@H](O)CC1CC(=O)NC(=O)C1. The van der Waals surface area contributed by atoms with Crippen LogP contribution in [0.5, 0.6) is 0 Å². The van der Waals surface area contributed by atoms with Crippen molar-refractivity contribution in [2.45, 2.75) is 52.6 Å². The van der Waals surface area contributed by atoms with Crippen molar-refractivity contribution in [1.82, 2.24) is 5.32 Å². The third-order valence-electron chi connectivity index (χ3n) is 3.72. The van der Waals surface area contributed by atoms with Crippen LogP contribution >= 0.6 is 0 Å². The van der Waals surface area contributed by atoms with E-state index in [1.165, 1.54) is 0 Å². The fourth-order valence-corrected chi connectivity index (χ4v) is 2.71. The minimum atomic E-state index is -0.811. The van der Waals surface area contributed by atoms with Crippen LogP contribution in [-0.4, -0.2) is 28.8 Å². The van der Waals surface area contributed by atoms with Gasteiger partial charge in [0.05, 0.1) is 6.10 Å². The van der Waals surface area contributed by atoms with Gasteiger partial charge in [-0.15, -0.1) is 0 Å². The van der Waals surface area contributed by atoms with E-state index < -0.39 is 6.10 Å². The van der Waals surface area contributed by atoms with E-state index in [0.717, 1.165) is 5.57 Å². The molecule has 1 heterocycles. The number of hydrogen-bond acceptors (Lipinski definition) is 4. The number of nitrogens with one attached hydrogen (secondary N) is 1. The van der Waals surface area contributed by atoms with E-state index in [1.807, 2.05) is 32.1 Å². The molecule has 1 aliphatic heterocycles. The number of Topliss-reactive ketones (excluding diaryl/α,β-unsaturated/α-hetero) is 1. The molecule has 2 amide bonds. The van der Waals surface area contributed by atoms with Crippen molar-refractivity contribution in [1.29, 1.82) is 0 Å². The molecule has 0 aromatic carbocycles. The van der Waals surface area contributed by atoms with Gasteiger partial charge in [0.1, 0.15) is 5.78 Å². The number of amides is 2. The molecule has 0 bridgehead atoms. The summed E-state index contributed by atoms with van der Waals surface area (Å²) < 4.78 is 0. The Morgan fingerprint density at radius 1 is 1.36 bits per heavy atom. The second-order valence-electron chi connectivity index (χ2n) is 6.00. The number of piperidine rings is 1. The Morgan fingerprint density at radius 2 is 1.95 bits per heavy atom. The van der Waals surface area contributed by atoms with E-state index in [-0.39, 0.29) is 48.7 Å². The maximum absolute atomic E-state index is 12.1. The van der Waals surface area contributed by atoms with Gasteiger partial charge in [0.2, 0.25) is 11.8 Å². The molecular weight excluding hydrogens is 282 g/mol. The first-order chi connectivity index (χ1) is 10.3. The topological polar surface area (TPSA) is 83.5 Å². The molecule has 2 N–H and O–H groups in total. The van der Waals surface area contributed by atoms with Gasteiger partial charge in [-0.05, 0) is 26.2 Å². The third kappa shape index (κ3) is 6.35. The summed E-state index contributed by atoms with van der Waals surface area (Å²) in [6.45, 7) is 5.64. The van der Waals surface area contributed by atoms with Crippen LogP contribution in [0.3, 0.4) is 0 Å². The predicted molar refractivity (Wildman–Crippen MR) is 83.9 cm³/mol. The third-order valence-corrected chi connectivity index (χ3v) is 3.72. The number of aliphatic hydroxyl groups excluding tert-OH is 1. The van der Waals surface area contributed by atoms with Gasteiger partial charge < -0.3 is 5.11 Å². The van der Waals surface area contributed by atoms with Crippen molar-refractivity contribution >= 4 is 17.6 Å². The molecule has 5 heteroatoms. The lowest BCUT2D eigenvalue weighted by atomic mass is 9.88. The van der Waals surface area contributed by atoms with Crippen LogP contribution in [0.25, 0.3) is 0 Å². The number of imide groups is 1. The fourth-order valence-electron chi connectivity index (χ4n) is 2.71. The number of carbonyl (C=O) groups is 3. The Balaban J connectivity index is 2.48. The monoisotopic (exact) mass is 307 g/mol. The first-order valence-electron chi connectivity index (χ1n) is 7.66. The smallest absolute Gasteiger partial charge is 0.226 e. The summed E-state index contributed by atoms with van der Waals surface area (Å²) in [5, 5.41) is 12.3. The summed E-state index contributed by atoms with van der Waals surface area (Å²) in [6, 6.07) is 0. The lowest BCUT2D eigenvalue weighted by Gasteiger charge is -2.23. The van der Waals surface area contributed by atoms with E-state index in [9.17, 15) is 19.5 Å². The summed E-state index contributed by atoms with van der Waals surface area (Å²) in [5.41, 5.74) is 1.01. The quantitative estimate of drug-likeness (QED) is 0.556. The van der Waals surface area contributed by atoms with Crippen LogP contribution in [0.15, 0.2) is 23.8 Å². The molecule has 0 radical (unpaired) electrons. The summed E-state index contributed by atoms with van der Waals surface area (Å²) in [5.74, 6) is -1.10. The van der Waals surface area contributed by atoms with Gasteiger partial charge in [-0.2, -0.15) is 0 Å². The van der Waals surface area contributed by atoms with E-state index in [2.05, 4.69) is 5.32 Å². The average molecular weight is 307 g/mol. The van der Waals surface area contributed by atoms with Crippen LogP contribution < -0.4 is 5.32 Å². The van der Waals surface area contributed by atoms with Crippen molar-refractivity contribution in [3.8, 4) is 0 Å². The summed E-state index contributed by atoms with van der Waals surface area (Å²) in [4.78, 5) is 34.7. The highest BCUT2D eigenvalue weighted by molar-refractivity contribution is 5.97. The Bertz CT molecular complexity index is 477. The zero-order valence-corrected chi connectivity index (χ0v) is 13.5. The van der Waals surface area contributed by atoms with Gasteiger partial charge >= 0.3 is 0 Å². The summed E-state index contributed by atoms with van der Waals surface area (Å²) in [7, 11) is 0. The van der Waals surface area contributed by atoms with Crippen LogP contribution in [0.2, 0.25) is 0 Å². The number of ketones is 1. The van der Waals surface area contributed by atoms with E-state index >= 15 is 0 Å². The number of hydrogen-bond donors (Lipinski definition) is 2. The predicted octanol–water partition coefficient (Wildman–Crippen LogP) is 1.91. The molecule has 0 unspecified atom stereocenters. The van der Waals surface area contributed by atoms with Crippen molar-refractivity contribution in [2.24, 2.45) is 11.8 Å². The zero-order chi connectivity index (χ0) is 16.7. The minimum Gasteiger partial charge on any atom is -0.393 e. The second-order valence-corrected chi connectivity index (χ2v) is 6.00. The van der Waals surface area contributed by atoms with Gasteiger partial charge in [0, 0.05) is 25.2 Å². The minimum absolute atomic E-state index is 0.0389. The van der Waals surface area contributed by atoms with Crippen LogP contribution in [0.1, 0.15) is 46.5 Å². The molecular formula is C17H25NO4.